The molecule has 1 N–H and O–H groups in total. The molecular weight excluding hydrogens is 266 g/mol. The molecule has 1 unspecified atom stereocenters. The summed E-state index contributed by atoms with van der Waals surface area (Å²) in [6.45, 7) is 2.16. The van der Waals surface area contributed by atoms with Gasteiger partial charge in [-0.15, -0.1) is 0 Å². The molecule has 4 nitrogen and oxygen atoms in total. The van der Waals surface area contributed by atoms with Crippen molar-refractivity contribution in [2.45, 2.75) is 32.6 Å². The van der Waals surface area contributed by atoms with Crippen molar-refractivity contribution >= 4 is 16.9 Å². The molecule has 2 aromatic rings. The van der Waals surface area contributed by atoms with Gasteiger partial charge in [-0.3, -0.25) is 4.98 Å². The van der Waals surface area contributed by atoms with Gasteiger partial charge in [0.25, 0.3) is 0 Å². The predicted octanol–water partition coefficient (Wildman–Crippen LogP) is 3.46. The van der Waals surface area contributed by atoms with E-state index in [9.17, 15) is 9.90 Å². The lowest BCUT2D eigenvalue weighted by Crippen LogP contribution is -2.19. The Hall–Kier alpha value is -2.10. The number of ether oxygens (including phenoxy) is 1. The van der Waals surface area contributed by atoms with E-state index in [0.29, 0.717) is 22.6 Å². The van der Waals surface area contributed by atoms with Crippen LogP contribution < -0.4 is 4.74 Å². The number of hydrogen-bond donors (Lipinski definition) is 1. The van der Waals surface area contributed by atoms with Gasteiger partial charge in [-0.25, -0.2) is 4.79 Å². The molecule has 1 atom stereocenters. The molecule has 0 saturated carbocycles. The minimum Gasteiger partial charge on any atom is -0.497 e. The summed E-state index contributed by atoms with van der Waals surface area (Å²) in [5, 5.41) is 10.4. The van der Waals surface area contributed by atoms with Gasteiger partial charge in [-0.1, -0.05) is 13.3 Å². The van der Waals surface area contributed by atoms with Crippen LogP contribution in [0.25, 0.3) is 10.9 Å². The molecule has 1 aromatic carbocycles. The van der Waals surface area contributed by atoms with Crippen molar-refractivity contribution in [3.63, 3.8) is 0 Å². The van der Waals surface area contributed by atoms with Crippen LogP contribution in [0.1, 0.15) is 41.4 Å². The maximum atomic E-state index is 11.8. The van der Waals surface area contributed by atoms with Gasteiger partial charge in [0, 0.05) is 11.1 Å². The van der Waals surface area contributed by atoms with Gasteiger partial charge in [0.15, 0.2) is 0 Å². The van der Waals surface area contributed by atoms with Crippen LogP contribution in [-0.4, -0.2) is 23.2 Å². The molecule has 1 aromatic heterocycles. The van der Waals surface area contributed by atoms with Gasteiger partial charge in [0.2, 0.25) is 0 Å². The molecule has 3 rings (SSSR count). The molecule has 0 amide bonds. The van der Waals surface area contributed by atoms with E-state index < -0.39 is 5.97 Å². The van der Waals surface area contributed by atoms with Crippen molar-refractivity contribution in [1.82, 2.24) is 4.98 Å². The maximum absolute atomic E-state index is 11.8. The van der Waals surface area contributed by atoms with Crippen molar-refractivity contribution < 1.29 is 14.6 Å². The molecule has 0 bridgehead atoms. The number of aromatic carboxylic acids is 1. The predicted molar refractivity (Wildman–Crippen MR) is 81.1 cm³/mol. The number of benzene rings is 1. The highest BCUT2D eigenvalue weighted by Crippen LogP contribution is 2.34. The lowest BCUT2D eigenvalue weighted by molar-refractivity contribution is 0.0697. The number of fused-ring (bicyclic) bond motifs is 2. The van der Waals surface area contributed by atoms with Crippen LogP contribution in [0.4, 0.5) is 0 Å². The van der Waals surface area contributed by atoms with E-state index in [-0.39, 0.29) is 0 Å². The second kappa shape index (κ2) is 5.35. The monoisotopic (exact) mass is 285 g/mol. The van der Waals surface area contributed by atoms with Crippen LogP contribution in [0.2, 0.25) is 0 Å². The molecule has 21 heavy (non-hydrogen) atoms. The first kappa shape index (κ1) is 13.9. The van der Waals surface area contributed by atoms with Gasteiger partial charge >= 0.3 is 5.97 Å². The molecule has 0 aliphatic heterocycles. The van der Waals surface area contributed by atoms with E-state index in [1.165, 1.54) is 0 Å². The zero-order valence-electron chi connectivity index (χ0n) is 12.3. The van der Waals surface area contributed by atoms with Gasteiger partial charge in [0.1, 0.15) is 5.75 Å². The summed E-state index contributed by atoms with van der Waals surface area (Å²) in [6.07, 6.45) is 3.86. The van der Waals surface area contributed by atoms with Crippen LogP contribution in [0.3, 0.4) is 0 Å². The number of pyridine rings is 1. The number of carboxylic acids is 1. The molecule has 1 aliphatic carbocycles. The average molecular weight is 285 g/mol. The zero-order chi connectivity index (χ0) is 15.0. The minimum atomic E-state index is -0.872. The molecular formula is C17H19NO3. The van der Waals surface area contributed by atoms with Crippen LogP contribution in [-0.2, 0) is 12.8 Å². The highest BCUT2D eigenvalue weighted by atomic mass is 16.5. The first-order chi connectivity index (χ1) is 10.1. The molecule has 1 aliphatic rings. The van der Waals surface area contributed by atoms with Crippen LogP contribution in [0.15, 0.2) is 18.2 Å². The third kappa shape index (κ3) is 2.35. The Kier molecular flexibility index (Phi) is 3.53. The lowest BCUT2D eigenvalue weighted by Gasteiger charge is -2.25. The third-order valence-corrected chi connectivity index (χ3v) is 4.45. The van der Waals surface area contributed by atoms with E-state index in [1.807, 2.05) is 12.1 Å². The maximum Gasteiger partial charge on any atom is 0.336 e. The minimum absolute atomic E-state index is 0.409. The number of aromatic nitrogens is 1. The molecule has 0 radical (unpaired) electrons. The fourth-order valence-corrected chi connectivity index (χ4v) is 3.21. The Bertz CT molecular complexity index is 709. The molecule has 1 heterocycles. The fourth-order valence-electron chi connectivity index (χ4n) is 3.21. The van der Waals surface area contributed by atoms with Crippen LogP contribution >= 0.6 is 0 Å². The summed E-state index contributed by atoms with van der Waals surface area (Å²) < 4.78 is 5.22. The molecule has 110 valence electrons. The number of rotatable bonds is 3. The lowest BCUT2D eigenvalue weighted by atomic mass is 9.82. The first-order valence-electron chi connectivity index (χ1n) is 7.36. The normalized spacial score (nSPS) is 17.5. The van der Waals surface area contributed by atoms with Gasteiger partial charge in [0.05, 0.1) is 18.2 Å². The molecule has 4 heteroatoms. The summed E-state index contributed by atoms with van der Waals surface area (Å²) in [5.74, 6) is 0.346. The number of methoxy groups -OCH3 is 1. The number of aryl methyl sites for hydroxylation is 1. The zero-order valence-corrected chi connectivity index (χ0v) is 12.3. The molecule has 0 saturated heterocycles. The quantitative estimate of drug-likeness (QED) is 0.938. The third-order valence-electron chi connectivity index (χ3n) is 4.45. The van der Waals surface area contributed by atoms with Crippen molar-refractivity contribution in [3.05, 3.63) is 35.0 Å². The average Bonchev–Trinajstić information content (AvgIpc) is 2.51. The van der Waals surface area contributed by atoms with Crippen LogP contribution in [0.5, 0.6) is 5.75 Å². The second-order valence-corrected chi connectivity index (χ2v) is 5.62. The van der Waals surface area contributed by atoms with Crippen molar-refractivity contribution in [2.75, 3.05) is 7.11 Å². The highest BCUT2D eigenvalue weighted by molar-refractivity contribution is 6.04. The van der Waals surface area contributed by atoms with E-state index in [1.54, 1.807) is 13.2 Å². The summed E-state index contributed by atoms with van der Waals surface area (Å²) in [6, 6.07) is 5.44. The Morgan fingerprint density at radius 3 is 2.95 bits per heavy atom. The fraction of sp³-hybridized carbons (Fsp3) is 0.412. The second-order valence-electron chi connectivity index (χ2n) is 5.62. The van der Waals surface area contributed by atoms with Crippen molar-refractivity contribution in [1.29, 1.82) is 0 Å². The Morgan fingerprint density at radius 2 is 2.29 bits per heavy atom. The van der Waals surface area contributed by atoms with E-state index >= 15 is 0 Å². The Morgan fingerprint density at radius 1 is 1.48 bits per heavy atom. The smallest absolute Gasteiger partial charge is 0.336 e. The molecule has 0 fully saturated rings. The van der Waals surface area contributed by atoms with Crippen molar-refractivity contribution in [2.24, 2.45) is 5.92 Å². The first-order valence-corrected chi connectivity index (χ1v) is 7.36. The van der Waals surface area contributed by atoms with Gasteiger partial charge in [-0.2, -0.15) is 0 Å². The number of hydrogen-bond acceptors (Lipinski definition) is 3. The van der Waals surface area contributed by atoms with E-state index in [4.69, 9.17) is 4.74 Å². The SMILES string of the molecule is CCC1CCc2nc3ccc(OC)cc3c(C(=O)O)c2C1. The van der Waals surface area contributed by atoms with Crippen molar-refractivity contribution in [3.8, 4) is 5.75 Å². The van der Waals surface area contributed by atoms with Gasteiger partial charge in [-0.05, 0) is 48.9 Å². The summed E-state index contributed by atoms with van der Waals surface area (Å²) in [4.78, 5) is 16.5. The van der Waals surface area contributed by atoms with E-state index in [0.717, 1.165) is 42.5 Å². The highest BCUT2D eigenvalue weighted by Gasteiger charge is 2.26. The summed E-state index contributed by atoms with van der Waals surface area (Å²) in [5.41, 5.74) is 3.02. The molecule has 0 spiro atoms. The topological polar surface area (TPSA) is 59.4 Å². The summed E-state index contributed by atoms with van der Waals surface area (Å²) in [7, 11) is 1.58. The summed E-state index contributed by atoms with van der Waals surface area (Å²) >= 11 is 0. The number of nitrogens with zero attached hydrogens (tertiary/aromatic N) is 1. The number of carbonyl (C=O) groups is 1. The van der Waals surface area contributed by atoms with Gasteiger partial charge < -0.3 is 9.84 Å². The van der Waals surface area contributed by atoms with E-state index in [2.05, 4.69) is 11.9 Å². The largest absolute Gasteiger partial charge is 0.497 e. The van der Waals surface area contributed by atoms with Crippen LogP contribution in [0, 0.1) is 5.92 Å². The standard InChI is InChI=1S/C17H19NO3/c1-3-10-4-6-14-12(8-10)16(17(19)20)13-9-11(21-2)5-7-15(13)18-14/h5,7,9-10H,3-4,6,8H2,1-2H3,(H,19,20). The Labute approximate surface area is 123 Å². The Balaban J connectivity index is 2.28. The number of carboxylic acid groups (broad SMARTS) is 1.